The Bertz CT molecular complexity index is 757. The minimum absolute atomic E-state index is 0.237. The van der Waals surface area contributed by atoms with Crippen LogP contribution in [0.4, 0.5) is 0 Å². The van der Waals surface area contributed by atoms with Gasteiger partial charge >= 0.3 is 0 Å². The second kappa shape index (κ2) is 9.96. The Morgan fingerprint density at radius 3 is 2.45 bits per heavy atom. The van der Waals surface area contributed by atoms with Crippen molar-refractivity contribution in [2.45, 2.75) is 46.5 Å². The van der Waals surface area contributed by atoms with Crippen LogP contribution in [0, 0.1) is 11.8 Å². The van der Waals surface area contributed by atoms with Crippen LogP contribution in [0.3, 0.4) is 0 Å². The highest BCUT2D eigenvalue weighted by Crippen LogP contribution is 2.28. The van der Waals surface area contributed by atoms with E-state index in [9.17, 15) is 4.79 Å². The molecule has 0 radical (unpaired) electrons. The molecule has 1 aliphatic heterocycles. The average molecular weight is 400 g/mol. The zero-order chi connectivity index (χ0) is 20.8. The van der Waals surface area contributed by atoms with E-state index >= 15 is 0 Å². The van der Waals surface area contributed by atoms with Gasteiger partial charge in [0.2, 0.25) is 17.6 Å². The van der Waals surface area contributed by atoms with Gasteiger partial charge in [-0.15, -0.1) is 0 Å². The van der Waals surface area contributed by atoms with Gasteiger partial charge in [-0.3, -0.25) is 14.7 Å². The topological polar surface area (TPSA) is 75.4 Å². The average Bonchev–Trinajstić information content (AvgIpc) is 3.18. The van der Waals surface area contributed by atoms with Crippen molar-refractivity contribution in [2.24, 2.45) is 11.8 Å². The Kier molecular flexibility index (Phi) is 7.36. The van der Waals surface area contributed by atoms with Crippen molar-refractivity contribution in [2.75, 3.05) is 32.7 Å². The monoisotopic (exact) mass is 399 g/mol. The molecule has 0 aromatic carbocycles. The molecule has 29 heavy (non-hydrogen) atoms. The van der Waals surface area contributed by atoms with Gasteiger partial charge in [0.05, 0.1) is 6.54 Å². The molecule has 0 N–H and O–H groups in total. The number of likely N-dealkylation sites (tertiary alicyclic amines) is 1. The standard InChI is InChI=1S/C22H33N5O2/c1-16(2)13-27(14-17(3)4)20(28)15-26-11-8-18(9-12-26)22-24-21(25-29-22)19-7-5-6-10-23-19/h5-7,10,16-18H,8-9,11-15H2,1-4H3. The third-order valence-electron chi connectivity index (χ3n) is 5.16. The molecule has 0 saturated carbocycles. The van der Waals surface area contributed by atoms with Gasteiger partial charge in [-0.1, -0.05) is 38.9 Å². The number of carbonyl (C=O) groups excluding carboxylic acids is 1. The number of hydrogen-bond donors (Lipinski definition) is 0. The Morgan fingerprint density at radius 1 is 1.17 bits per heavy atom. The minimum Gasteiger partial charge on any atom is -0.341 e. The van der Waals surface area contributed by atoms with E-state index in [1.54, 1.807) is 6.20 Å². The minimum atomic E-state index is 0.237. The molecule has 3 heterocycles. The van der Waals surface area contributed by atoms with Crippen LogP contribution in [0.15, 0.2) is 28.9 Å². The van der Waals surface area contributed by atoms with Crippen LogP contribution in [-0.4, -0.2) is 63.6 Å². The molecule has 1 aliphatic rings. The molecule has 1 saturated heterocycles. The van der Waals surface area contributed by atoms with E-state index in [0.29, 0.717) is 30.1 Å². The van der Waals surface area contributed by atoms with Gasteiger partial charge in [-0.25, -0.2) is 0 Å². The van der Waals surface area contributed by atoms with Crippen molar-refractivity contribution in [1.29, 1.82) is 0 Å². The second-order valence-electron chi connectivity index (χ2n) is 8.81. The summed E-state index contributed by atoms with van der Waals surface area (Å²) in [5.41, 5.74) is 0.723. The van der Waals surface area contributed by atoms with Gasteiger partial charge in [0.15, 0.2) is 0 Å². The van der Waals surface area contributed by atoms with E-state index in [0.717, 1.165) is 44.7 Å². The van der Waals surface area contributed by atoms with Crippen molar-refractivity contribution in [1.82, 2.24) is 24.9 Å². The molecule has 158 valence electrons. The summed E-state index contributed by atoms with van der Waals surface area (Å²) in [5.74, 6) is 2.66. The number of aromatic nitrogens is 3. The molecule has 2 aromatic rings. The summed E-state index contributed by atoms with van der Waals surface area (Å²) < 4.78 is 5.51. The zero-order valence-corrected chi connectivity index (χ0v) is 18.0. The van der Waals surface area contributed by atoms with Crippen molar-refractivity contribution < 1.29 is 9.32 Å². The largest absolute Gasteiger partial charge is 0.341 e. The number of pyridine rings is 1. The molecule has 0 atom stereocenters. The molecular weight excluding hydrogens is 366 g/mol. The normalized spacial score (nSPS) is 15.9. The van der Waals surface area contributed by atoms with Gasteiger partial charge in [-0.2, -0.15) is 4.98 Å². The first-order chi connectivity index (χ1) is 13.9. The molecule has 7 heteroatoms. The van der Waals surface area contributed by atoms with E-state index < -0.39 is 0 Å². The summed E-state index contributed by atoms with van der Waals surface area (Å²) in [6, 6.07) is 5.66. The molecule has 0 spiro atoms. The fourth-order valence-electron chi connectivity index (χ4n) is 3.79. The maximum absolute atomic E-state index is 12.8. The Hall–Kier alpha value is -2.28. The first-order valence-electron chi connectivity index (χ1n) is 10.7. The van der Waals surface area contributed by atoms with Crippen LogP contribution < -0.4 is 0 Å². The number of nitrogens with zero attached hydrogens (tertiary/aromatic N) is 5. The number of rotatable bonds is 8. The molecule has 0 aliphatic carbocycles. The van der Waals surface area contributed by atoms with Crippen LogP contribution in [0.5, 0.6) is 0 Å². The molecule has 1 amide bonds. The van der Waals surface area contributed by atoms with Gasteiger partial charge in [0, 0.05) is 25.2 Å². The van der Waals surface area contributed by atoms with Crippen LogP contribution in [0.25, 0.3) is 11.5 Å². The molecule has 2 aromatic heterocycles. The SMILES string of the molecule is CC(C)CN(CC(C)C)C(=O)CN1CCC(c2nc(-c3ccccn3)no2)CC1. The molecule has 7 nitrogen and oxygen atoms in total. The van der Waals surface area contributed by atoms with E-state index in [4.69, 9.17) is 4.52 Å². The fourth-order valence-corrected chi connectivity index (χ4v) is 3.79. The summed E-state index contributed by atoms with van der Waals surface area (Å²) in [4.78, 5) is 25.9. The molecule has 0 unspecified atom stereocenters. The maximum Gasteiger partial charge on any atom is 0.236 e. The van der Waals surface area contributed by atoms with Gasteiger partial charge in [0.25, 0.3) is 0 Å². The zero-order valence-electron chi connectivity index (χ0n) is 18.0. The molecular formula is C22H33N5O2. The third kappa shape index (κ3) is 6.10. The highest BCUT2D eigenvalue weighted by molar-refractivity contribution is 5.78. The lowest BCUT2D eigenvalue weighted by atomic mass is 9.96. The predicted octanol–water partition coefficient (Wildman–Crippen LogP) is 3.45. The highest BCUT2D eigenvalue weighted by atomic mass is 16.5. The van der Waals surface area contributed by atoms with Crippen molar-refractivity contribution in [3.8, 4) is 11.5 Å². The third-order valence-corrected chi connectivity index (χ3v) is 5.16. The van der Waals surface area contributed by atoms with Gasteiger partial charge < -0.3 is 9.42 Å². The van der Waals surface area contributed by atoms with Crippen LogP contribution in [0.2, 0.25) is 0 Å². The summed E-state index contributed by atoms with van der Waals surface area (Å²) in [5, 5.41) is 4.08. The number of carbonyl (C=O) groups is 1. The van der Waals surface area contributed by atoms with Crippen LogP contribution in [-0.2, 0) is 4.79 Å². The van der Waals surface area contributed by atoms with Crippen LogP contribution >= 0.6 is 0 Å². The smallest absolute Gasteiger partial charge is 0.236 e. The summed E-state index contributed by atoms with van der Waals surface area (Å²) >= 11 is 0. The lowest BCUT2D eigenvalue weighted by Crippen LogP contribution is -2.45. The Labute approximate surface area is 173 Å². The van der Waals surface area contributed by atoms with Crippen molar-refractivity contribution in [3.63, 3.8) is 0 Å². The number of amides is 1. The van der Waals surface area contributed by atoms with Crippen LogP contribution in [0.1, 0.15) is 52.3 Å². The Morgan fingerprint density at radius 2 is 1.86 bits per heavy atom. The number of piperidine rings is 1. The highest BCUT2D eigenvalue weighted by Gasteiger charge is 2.27. The maximum atomic E-state index is 12.8. The predicted molar refractivity (Wildman–Crippen MR) is 112 cm³/mol. The number of hydrogen-bond acceptors (Lipinski definition) is 6. The van der Waals surface area contributed by atoms with E-state index in [-0.39, 0.29) is 11.8 Å². The summed E-state index contributed by atoms with van der Waals surface area (Å²) in [6.07, 6.45) is 3.57. The molecule has 3 rings (SSSR count). The van der Waals surface area contributed by atoms with E-state index in [1.807, 2.05) is 23.1 Å². The molecule has 0 bridgehead atoms. The van der Waals surface area contributed by atoms with E-state index in [2.05, 4.69) is 47.7 Å². The lowest BCUT2D eigenvalue weighted by Gasteiger charge is -2.33. The first-order valence-corrected chi connectivity index (χ1v) is 10.7. The van der Waals surface area contributed by atoms with E-state index in [1.165, 1.54) is 0 Å². The quantitative estimate of drug-likeness (QED) is 0.677. The van der Waals surface area contributed by atoms with Gasteiger partial charge in [0.1, 0.15) is 5.69 Å². The van der Waals surface area contributed by atoms with Gasteiger partial charge in [-0.05, 0) is 49.9 Å². The second-order valence-corrected chi connectivity index (χ2v) is 8.81. The van der Waals surface area contributed by atoms with Crippen molar-refractivity contribution in [3.05, 3.63) is 30.3 Å². The summed E-state index contributed by atoms with van der Waals surface area (Å²) in [7, 11) is 0. The first kappa shape index (κ1) is 21.4. The fraction of sp³-hybridized carbons (Fsp3) is 0.636. The Balaban J connectivity index is 1.52. The summed E-state index contributed by atoms with van der Waals surface area (Å²) in [6.45, 7) is 12.5. The lowest BCUT2D eigenvalue weighted by molar-refractivity contribution is -0.133. The van der Waals surface area contributed by atoms with Crippen molar-refractivity contribution >= 4 is 5.91 Å². The molecule has 1 fully saturated rings.